The third kappa shape index (κ3) is 1.65. The minimum absolute atomic E-state index is 0.170. The average Bonchev–Trinajstić information content (AvgIpc) is 2.90. The number of halogens is 5. The highest BCUT2D eigenvalue weighted by Crippen LogP contribution is 2.71. The number of hydrogen-bond acceptors (Lipinski definition) is 4. The second-order valence-corrected chi connectivity index (χ2v) is 6.87. The Morgan fingerprint density at radius 3 is 2.30 bits per heavy atom. The summed E-state index contributed by atoms with van der Waals surface area (Å²) in [5, 5.41) is 9.69. The molecule has 0 aromatic rings. The molecule has 1 N–H and O–H groups in total. The molecule has 7 atom stereocenters. The van der Waals surface area contributed by atoms with Crippen LogP contribution in [-0.2, 0) is 14.3 Å². The molecule has 0 aromatic heterocycles. The number of esters is 1. The van der Waals surface area contributed by atoms with Crippen LogP contribution >= 0.6 is 0 Å². The average molecular weight is 344 g/mol. The Morgan fingerprint density at radius 2 is 1.83 bits per heavy atom. The summed E-state index contributed by atoms with van der Waals surface area (Å²) < 4.78 is 78.4. The van der Waals surface area contributed by atoms with E-state index < -0.39 is 47.4 Å². The number of alkyl halides is 5. The van der Waals surface area contributed by atoms with Crippen molar-refractivity contribution >= 4 is 5.97 Å². The van der Waals surface area contributed by atoms with E-state index in [4.69, 9.17) is 4.74 Å². The summed E-state index contributed by atoms with van der Waals surface area (Å²) in [5.41, 5.74) is -2.79. The van der Waals surface area contributed by atoms with Gasteiger partial charge in [0.05, 0.1) is 0 Å². The predicted octanol–water partition coefficient (Wildman–Crippen LogP) is 2.50. The van der Waals surface area contributed by atoms with E-state index in [1.165, 1.54) is 0 Å². The van der Waals surface area contributed by atoms with Crippen molar-refractivity contribution in [1.29, 1.82) is 0 Å². The molecule has 0 spiro atoms. The molecule has 2 bridgehead atoms. The van der Waals surface area contributed by atoms with E-state index >= 15 is 0 Å². The maximum Gasteiger partial charge on any atom is 0.449 e. The van der Waals surface area contributed by atoms with Crippen LogP contribution in [-0.4, -0.2) is 40.7 Å². The van der Waals surface area contributed by atoms with Gasteiger partial charge in [0.25, 0.3) is 0 Å². The zero-order valence-electron chi connectivity index (χ0n) is 12.7. The number of aliphatic hydroxyl groups is 1. The summed E-state index contributed by atoms with van der Waals surface area (Å²) in [7, 11) is 0. The summed E-state index contributed by atoms with van der Waals surface area (Å²) in [6, 6.07) is 0. The van der Waals surface area contributed by atoms with Gasteiger partial charge in [-0.25, -0.2) is 0 Å². The highest BCUT2D eigenvalue weighted by Gasteiger charge is 2.92. The van der Waals surface area contributed by atoms with Crippen molar-refractivity contribution in [2.45, 2.75) is 56.8 Å². The number of fused-ring (bicyclic) bond motifs is 5. The monoisotopic (exact) mass is 344 g/mol. The second kappa shape index (κ2) is 4.36. The van der Waals surface area contributed by atoms with Crippen LogP contribution in [0.4, 0.5) is 22.0 Å². The van der Waals surface area contributed by atoms with E-state index in [1.54, 1.807) is 13.8 Å². The quantitative estimate of drug-likeness (QED) is 0.587. The highest BCUT2D eigenvalue weighted by molar-refractivity contribution is 5.67. The maximum absolute atomic E-state index is 14.8. The molecule has 7 unspecified atom stereocenters. The molecule has 132 valence electrons. The van der Waals surface area contributed by atoms with Gasteiger partial charge in [0.15, 0.2) is 0 Å². The van der Waals surface area contributed by atoms with E-state index in [9.17, 15) is 31.9 Å². The van der Waals surface area contributed by atoms with Crippen molar-refractivity contribution in [1.82, 2.24) is 0 Å². The number of carbonyl (C=O) groups is 1. The van der Waals surface area contributed by atoms with E-state index in [0.29, 0.717) is 0 Å². The van der Waals surface area contributed by atoms with Crippen molar-refractivity contribution in [3.05, 3.63) is 0 Å². The van der Waals surface area contributed by atoms with Gasteiger partial charge >= 0.3 is 23.9 Å². The van der Waals surface area contributed by atoms with Crippen molar-refractivity contribution in [3.63, 3.8) is 0 Å². The molecule has 2 saturated carbocycles. The molecule has 4 nitrogen and oxygen atoms in total. The lowest BCUT2D eigenvalue weighted by atomic mass is 9.68. The zero-order valence-corrected chi connectivity index (χ0v) is 12.7. The maximum atomic E-state index is 14.8. The number of carbonyl (C=O) groups excluding carboxylic acids is 1. The van der Waals surface area contributed by atoms with Gasteiger partial charge in [-0.2, -0.15) is 22.0 Å². The molecule has 1 aliphatic heterocycles. The van der Waals surface area contributed by atoms with Gasteiger partial charge in [-0.1, -0.05) is 13.8 Å². The fourth-order valence-corrected chi connectivity index (χ4v) is 4.76. The molecule has 2 aliphatic carbocycles. The highest BCUT2D eigenvalue weighted by atomic mass is 19.4. The van der Waals surface area contributed by atoms with Crippen LogP contribution in [0.5, 0.6) is 0 Å². The van der Waals surface area contributed by atoms with Crippen LogP contribution in [0.2, 0.25) is 0 Å². The normalized spacial score (nSPS) is 50.9. The van der Waals surface area contributed by atoms with Crippen molar-refractivity contribution in [2.75, 3.05) is 0 Å². The summed E-state index contributed by atoms with van der Waals surface area (Å²) in [4.78, 5) is 11.4. The van der Waals surface area contributed by atoms with Crippen LogP contribution in [0.1, 0.15) is 27.2 Å². The Labute approximate surface area is 128 Å². The van der Waals surface area contributed by atoms with E-state index in [1.807, 2.05) is 0 Å². The lowest BCUT2D eigenvalue weighted by Crippen LogP contribution is -2.67. The Hall–Kier alpha value is -0.960. The van der Waals surface area contributed by atoms with Crippen molar-refractivity contribution < 1.29 is 41.3 Å². The fourth-order valence-electron chi connectivity index (χ4n) is 4.76. The molecule has 3 aliphatic rings. The minimum Gasteiger partial charge on any atom is -0.449 e. The zero-order chi connectivity index (χ0) is 17.6. The van der Waals surface area contributed by atoms with E-state index in [2.05, 4.69) is 4.74 Å². The standard InChI is InChI=1S/C14H17F5O4/c1-5-6(2)9-4-8(5)10-11(9,22-7(3)20)12(15,16)13(21,23-10)14(17,18)19/h5-6,8-10,21H,4H2,1-3H3. The van der Waals surface area contributed by atoms with Gasteiger partial charge in [0.1, 0.15) is 6.10 Å². The van der Waals surface area contributed by atoms with E-state index in [-0.39, 0.29) is 18.3 Å². The third-order valence-corrected chi connectivity index (χ3v) is 5.94. The second-order valence-electron chi connectivity index (χ2n) is 6.87. The molecule has 0 aromatic carbocycles. The van der Waals surface area contributed by atoms with Gasteiger partial charge < -0.3 is 14.6 Å². The van der Waals surface area contributed by atoms with E-state index in [0.717, 1.165) is 6.92 Å². The molecule has 0 amide bonds. The molecule has 0 radical (unpaired) electrons. The number of hydrogen-bond donors (Lipinski definition) is 1. The molecular weight excluding hydrogens is 327 g/mol. The first kappa shape index (κ1) is 16.9. The Balaban J connectivity index is 2.19. The smallest absolute Gasteiger partial charge is 0.449 e. The van der Waals surface area contributed by atoms with Gasteiger partial charge in [0.2, 0.25) is 5.60 Å². The predicted molar refractivity (Wildman–Crippen MR) is 65.2 cm³/mol. The van der Waals surface area contributed by atoms with Crippen LogP contribution < -0.4 is 0 Å². The Bertz CT molecular complexity index is 550. The molecule has 23 heavy (non-hydrogen) atoms. The van der Waals surface area contributed by atoms with Gasteiger partial charge in [0, 0.05) is 12.8 Å². The van der Waals surface area contributed by atoms with Crippen LogP contribution in [0.15, 0.2) is 0 Å². The van der Waals surface area contributed by atoms with Gasteiger partial charge in [-0.15, -0.1) is 0 Å². The molecule has 9 heteroatoms. The number of ether oxygens (including phenoxy) is 2. The first-order valence-electron chi connectivity index (χ1n) is 7.35. The lowest BCUT2D eigenvalue weighted by molar-refractivity contribution is -0.415. The summed E-state index contributed by atoms with van der Waals surface area (Å²) >= 11 is 0. The SMILES string of the molecule is CC(=O)OC12C3CC(C(C)C3C)C1OC(O)(C(F)(F)F)C2(F)F. The minimum atomic E-state index is -5.72. The molecular formula is C14H17F5O4. The van der Waals surface area contributed by atoms with Crippen LogP contribution in [0.3, 0.4) is 0 Å². The summed E-state index contributed by atoms with van der Waals surface area (Å²) in [5.74, 6) is -12.8. The fraction of sp³-hybridized carbons (Fsp3) is 0.929. The largest absolute Gasteiger partial charge is 0.449 e. The Morgan fingerprint density at radius 1 is 1.26 bits per heavy atom. The van der Waals surface area contributed by atoms with Gasteiger partial charge in [-0.3, -0.25) is 4.79 Å². The van der Waals surface area contributed by atoms with Crippen molar-refractivity contribution in [3.8, 4) is 0 Å². The van der Waals surface area contributed by atoms with Gasteiger partial charge in [-0.05, 0) is 24.2 Å². The third-order valence-electron chi connectivity index (χ3n) is 5.94. The number of rotatable bonds is 1. The first-order chi connectivity index (χ1) is 10.3. The topological polar surface area (TPSA) is 55.8 Å². The molecule has 3 fully saturated rings. The van der Waals surface area contributed by atoms with Crippen LogP contribution in [0, 0.1) is 23.7 Å². The molecule has 3 rings (SSSR count). The van der Waals surface area contributed by atoms with Crippen LogP contribution in [0.25, 0.3) is 0 Å². The van der Waals surface area contributed by atoms with Crippen molar-refractivity contribution in [2.24, 2.45) is 23.7 Å². The molecule has 1 heterocycles. The molecule has 1 saturated heterocycles. The lowest BCUT2D eigenvalue weighted by Gasteiger charge is -2.45. The summed E-state index contributed by atoms with van der Waals surface area (Å²) in [6.45, 7) is 4.23. The first-order valence-corrected chi connectivity index (χ1v) is 7.35. The Kier molecular flexibility index (Phi) is 3.20. The summed E-state index contributed by atoms with van der Waals surface area (Å²) in [6.07, 6.45) is -7.24.